The average Bonchev–Trinajstić information content (AvgIpc) is 2.33. The van der Waals surface area contributed by atoms with Crippen molar-refractivity contribution in [2.24, 2.45) is 0 Å². The average molecular weight is 420 g/mol. The van der Waals surface area contributed by atoms with E-state index in [0.717, 1.165) is 0 Å². The van der Waals surface area contributed by atoms with E-state index < -0.39 is 48.1 Å². The van der Waals surface area contributed by atoms with Gasteiger partial charge in [-0.25, -0.2) is 13.2 Å². The molecule has 0 saturated heterocycles. The van der Waals surface area contributed by atoms with Crippen LogP contribution in [-0.4, -0.2) is 48.1 Å². The molecule has 0 saturated carbocycles. The Morgan fingerprint density at radius 1 is 0.400 bits per heavy atom. The maximum Gasteiger partial charge on any atom is 0.457 e. The Kier molecular flexibility index (Phi) is 5.38. The van der Waals surface area contributed by atoms with Crippen LogP contribution in [0.2, 0.25) is 0 Å². The molecule has 0 nitrogen and oxygen atoms in total. The quantitative estimate of drug-likeness (QED) is 0.507. The van der Waals surface area contributed by atoms with Gasteiger partial charge in [0.05, 0.1) is 0 Å². The van der Waals surface area contributed by atoms with Gasteiger partial charge in [-0.2, -0.15) is 61.5 Å². The summed E-state index contributed by atoms with van der Waals surface area (Å²) in [4.78, 5) is 0. The van der Waals surface area contributed by atoms with Gasteiger partial charge in [-0.05, 0) is 0 Å². The molecule has 0 aromatic rings. The van der Waals surface area contributed by atoms with E-state index in [-0.39, 0.29) is 0 Å². The van der Waals surface area contributed by atoms with Crippen LogP contribution in [0.3, 0.4) is 0 Å². The van der Waals surface area contributed by atoms with Crippen molar-refractivity contribution in [1.82, 2.24) is 0 Å². The van der Waals surface area contributed by atoms with Gasteiger partial charge in [0.25, 0.3) is 0 Å². The van der Waals surface area contributed by atoms with Crippen LogP contribution in [0, 0.1) is 0 Å². The van der Waals surface area contributed by atoms with E-state index >= 15 is 0 Å². The minimum Gasteiger partial charge on any atom is -0.219 e. The Morgan fingerprint density at radius 2 is 0.720 bits per heavy atom. The van der Waals surface area contributed by atoms with Crippen LogP contribution in [0.4, 0.5) is 74.6 Å². The second-order valence-electron chi connectivity index (χ2n) is 4.30. The molecule has 17 heteroatoms. The fourth-order valence-electron chi connectivity index (χ4n) is 1.31. The molecule has 1 atom stereocenters. The van der Waals surface area contributed by atoms with Gasteiger partial charge in [-0.1, -0.05) is 0 Å². The molecule has 152 valence electrons. The first-order chi connectivity index (χ1) is 10.4. The third kappa shape index (κ3) is 2.86. The van der Waals surface area contributed by atoms with Crippen LogP contribution in [0.1, 0.15) is 0 Å². The van der Waals surface area contributed by atoms with E-state index in [1.54, 1.807) is 0 Å². The lowest BCUT2D eigenvalue weighted by molar-refractivity contribution is -0.463. The maximum atomic E-state index is 13.2. The van der Waals surface area contributed by atoms with Crippen molar-refractivity contribution < 1.29 is 74.6 Å². The summed E-state index contributed by atoms with van der Waals surface area (Å²) < 4.78 is 210. The predicted octanol–water partition coefficient (Wildman–Crippen LogP) is 5.63. The zero-order valence-electron chi connectivity index (χ0n) is 10.5. The molecule has 0 bridgehead atoms. The molecule has 0 rings (SSSR count). The summed E-state index contributed by atoms with van der Waals surface area (Å²) in [6.45, 7) is 0. The van der Waals surface area contributed by atoms with Crippen LogP contribution in [0.25, 0.3) is 0 Å². The van der Waals surface area contributed by atoms with Crippen molar-refractivity contribution in [1.29, 1.82) is 0 Å². The number of hydrogen-bond acceptors (Lipinski definition) is 0. The van der Waals surface area contributed by atoms with E-state index in [1.807, 2.05) is 0 Å². The van der Waals surface area contributed by atoms with Gasteiger partial charge in [0.2, 0.25) is 0 Å². The van der Waals surface area contributed by atoms with Crippen LogP contribution >= 0.6 is 0 Å². The topological polar surface area (TPSA) is 0 Å². The molecule has 0 fully saturated rings. The molecule has 0 aliphatic carbocycles. The first-order valence-corrected chi connectivity index (χ1v) is 5.06. The molecule has 0 aromatic carbocycles. The molecule has 0 N–H and O–H groups in total. The Morgan fingerprint density at radius 3 is 0.920 bits per heavy atom. The molecular weight excluding hydrogens is 419 g/mol. The van der Waals surface area contributed by atoms with E-state index in [0.29, 0.717) is 0 Å². The van der Waals surface area contributed by atoms with Gasteiger partial charge in [-0.3, -0.25) is 0 Å². The summed E-state index contributed by atoms with van der Waals surface area (Å²) in [5.74, 6) is -33.0. The van der Waals surface area contributed by atoms with Gasteiger partial charge >= 0.3 is 48.1 Å². The minimum atomic E-state index is -8.72. The highest BCUT2D eigenvalue weighted by atomic mass is 19.4. The molecule has 0 amide bonds. The van der Waals surface area contributed by atoms with Gasteiger partial charge in [-0.15, -0.1) is 0 Å². The van der Waals surface area contributed by atoms with Gasteiger partial charge < -0.3 is 0 Å². The third-order valence-corrected chi connectivity index (χ3v) is 2.70. The normalized spacial score (nSPS) is 18.5. The van der Waals surface area contributed by atoms with Crippen LogP contribution in [0.5, 0.6) is 0 Å². The Balaban J connectivity index is 6.92. The third-order valence-electron chi connectivity index (χ3n) is 2.70. The molecule has 0 aliphatic rings. The molecule has 0 aliphatic heterocycles. The fraction of sp³-hybridized carbons (Fsp3) is 1.00. The van der Waals surface area contributed by atoms with Crippen LogP contribution in [0.15, 0.2) is 0 Å². The highest BCUT2D eigenvalue weighted by Gasteiger charge is 2.97. The monoisotopic (exact) mass is 420 g/mol. The van der Waals surface area contributed by atoms with E-state index in [9.17, 15) is 74.6 Å². The number of rotatable bonds is 5. The Bertz CT molecular complexity index is 480. The lowest BCUT2D eigenvalue weighted by Gasteiger charge is -2.44. The summed E-state index contributed by atoms with van der Waals surface area (Å²) in [6, 6.07) is 0. The van der Waals surface area contributed by atoms with Crippen molar-refractivity contribution in [3.63, 3.8) is 0 Å². The van der Waals surface area contributed by atoms with Crippen molar-refractivity contribution in [2.75, 3.05) is 0 Å². The predicted molar refractivity (Wildman–Crippen MR) is 41.7 cm³/mol. The second kappa shape index (κ2) is 5.65. The lowest BCUT2D eigenvalue weighted by atomic mass is 9.83. The zero-order valence-corrected chi connectivity index (χ0v) is 10.5. The smallest absolute Gasteiger partial charge is 0.219 e. The van der Waals surface area contributed by atoms with Gasteiger partial charge in [0.15, 0.2) is 0 Å². The highest BCUT2D eigenvalue weighted by Crippen LogP contribution is 2.64. The summed E-state index contributed by atoms with van der Waals surface area (Å²) in [5.41, 5.74) is -8.72. The molecule has 0 heterocycles. The molecule has 25 heavy (non-hydrogen) atoms. The van der Waals surface area contributed by atoms with Gasteiger partial charge in [0, 0.05) is 0 Å². The fourth-order valence-corrected chi connectivity index (χ4v) is 1.31. The van der Waals surface area contributed by atoms with Crippen molar-refractivity contribution in [3.05, 3.63) is 0 Å². The molecule has 0 aromatic heterocycles. The first kappa shape index (κ1) is 23.8. The Labute approximate surface area is 124 Å². The Hall–Kier alpha value is -1.19. The lowest BCUT2D eigenvalue weighted by Crippen LogP contribution is -2.77. The van der Waals surface area contributed by atoms with Gasteiger partial charge in [0.1, 0.15) is 0 Å². The standard InChI is InChI=1S/C8HF17/c9-1(10)2(11,12)4(14,15)5(16,17)3(13,7(20,21)22)6(18,19)8(23,24)25/h1H. The number of alkyl halides is 17. The summed E-state index contributed by atoms with van der Waals surface area (Å²) in [7, 11) is 0. The first-order valence-electron chi connectivity index (χ1n) is 5.06. The highest BCUT2D eigenvalue weighted by molar-refractivity contribution is 5.18. The van der Waals surface area contributed by atoms with Crippen molar-refractivity contribution in [3.8, 4) is 0 Å². The minimum absolute atomic E-state index is 5.98. The number of halogens is 17. The van der Waals surface area contributed by atoms with Crippen molar-refractivity contribution >= 4 is 0 Å². The van der Waals surface area contributed by atoms with E-state index in [1.165, 1.54) is 0 Å². The molecule has 1 unspecified atom stereocenters. The van der Waals surface area contributed by atoms with Crippen LogP contribution < -0.4 is 0 Å². The van der Waals surface area contributed by atoms with Crippen LogP contribution in [-0.2, 0) is 0 Å². The van der Waals surface area contributed by atoms with Crippen molar-refractivity contribution in [2.45, 2.75) is 48.1 Å². The summed E-state index contributed by atoms with van der Waals surface area (Å²) in [6.07, 6.45) is -22.2. The summed E-state index contributed by atoms with van der Waals surface area (Å²) in [5, 5.41) is 0. The molecular formula is C8HF17. The number of hydrogen-bond donors (Lipinski definition) is 0. The van der Waals surface area contributed by atoms with E-state index in [4.69, 9.17) is 0 Å². The largest absolute Gasteiger partial charge is 0.457 e. The second-order valence-corrected chi connectivity index (χ2v) is 4.30. The van der Waals surface area contributed by atoms with E-state index in [2.05, 4.69) is 0 Å². The maximum absolute atomic E-state index is 13.2. The molecule has 0 radical (unpaired) electrons. The molecule has 0 spiro atoms. The summed E-state index contributed by atoms with van der Waals surface area (Å²) >= 11 is 0. The zero-order chi connectivity index (χ0) is 21.1. The SMILES string of the molecule is FC(F)C(F)(F)C(F)(F)C(F)(F)C(F)(C(F)(F)F)C(F)(F)C(F)(F)F.